The zero-order valence-corrected chi connectivity index (χ0v) is 8.12. The van der Waals surface area contributed by atoms with Crippen molar-refractivity contribution in [3.8, 4) is 0 Å². The number of hydrogen-bond acceptors (Lipinski definition) is 2. The van der Waals surface area contributed by atoms with Gasteiger partial charge >= 0.3 is 0 Å². The van der Waals surface area contributed by atoms with Crippen molar-refractivity contribution in [2.24, 2.45) is 0 Å². The van der Waals surface area contributed by atoms with Gasteiger partial charge in [0.1, 0.15) is 11.0 Å². The van der Waals surface area contributed by atoms with Gasteiger partial charge in [-0.3, -0.25) is 3.79 Å². The number of aromatic amines is 1. The number of rotatable bonds is 0. The van der Waals surface area contributed by atoms with Crippen LogP contribution in [0.15, 0.2) is 47.5 Å². The predicted octanol–water partition coefficient (Wildman–Crippen LogP) is 3.20. The summed E-state index contributed by atoms with van der Waals surface area (Å²) >= 11 is 1.64. The van der Waals surface area contributed by atoms with Gasteiger partial charge in [-0.1, -0.05) is 6.07 Å². The van der Waals surface area contributed by atoms with E-state index in [4.69, 9.17) is 4.42 Å². The van der Waals surface area contributed by atoms with Gasteiger partial charge in [0.15, 0.2) is 5.58 Å². The maximum Gasteiger partial charge on any atom is 0.162 e. The lowest BCUT2D eigenvalue weighted by atomic mass is 10.4. The summed E-state index contributed by atoms with van der Waals surface area (Å²) in [6.07, 6.45) is 7.56. The van der Waals surface area contributed by atoms with Crippen molar-refractivity contribution in [1.29, 1.82) is 0 Å². The molecule has 0 aromatic carbocycles. The molecule has 70 valence electrons. The number of fused-ring (bicyclic) bond motifs is 2. The molecule has 0 aliphatic rings. The van der Waals surface area contributed by atoms with Crippen molar-refractivity contribution in [2.45, 2.75) is 0 Å². The van der Waals surface area contributed by atoms with Gasteiger partial charge < -0.3 is 9.40 Å². The molecule has 0 bridgehead atoms. The molecule has 3 aromatic rings. The normalized spacial score (nSPS) is 10.9. The molecule has 3 rings (SSSR count). The molecule has 0 fully saturated rings. The fourth-order valence-electron chi connectivity index (χ4n) is 1.34. The Morgan fingerprint density at radius 3 is 3.29 bits per heavy atom. The molecule has 0 spiro atoms. The highest BCUT2D eigenvalue weighted by Gasteiger charge is 1.95. The van der Waals surface area contributed by atoms with Crippen LogP contribution in [0.1, 0.15) is 0 Å². The molecule has 14 heavy (non-hydrogen) atoms. The number of hydrogen-bond donors (Lipinski definition) is 1. The molecule has 0 aliphatic heterocycles. The van der Waals surface area contributed by atoms with Crippen LogP contribution in [-0.4, -0.2) is 8.77 Å². The molecule has 0 radical (unpaired) electrons. The summed E-state index contributed by atoms with van der Waals surface area (Å²) in [5.41, 5.74) is 1.92. The van der Waals surface area contributed by atoms with E-state index in [1.165, 1.54) is 0 Å². The van der Waals surface area contributed by atoms with E-state index in [-0.39, 0.29) is 0 Å². The third kappa shape index (κ3) is 1.12. The summed E-state index contributed by atoms with van der Waals surface area (Å²) in [6, 6.07) is 6.01. The van der Waals surface area contributed by atoms with Crippen LogP contribution in [0.25, 0.3) is 15.8 Å². The topological polar surface area (TPSA) is 33.3 Å². The highest BCUT2D eigenvalue weighted by molar-refractivity contribution is 7.13. The monoisotopic (exact) mass is 204 g/mol. The van der Waals surface area contributed by atoms with E-state index < -0.39 is 0 Å². The van der Waals surface area contributed by atoms with E-state index in [1.54, 1.807) is 17.8 Å². The van der Waals surface area contributed by atoms with Crippen LogP contribution >= 0.6 is 11.5 Å². The maximum atomic E-state index is 5.52. The molecule has 3 nitrogen and oxygen atoms in total. The van der Waals surface area contributed by atoms with Crippen LogP contribution in [-0.2, 0) is 0 Å². The average molecular weight is 204 g/mol. The second kappa shape index (κ2) is 2.92. The molecule has 0 atom stereocenters. The molecule has 3 heterocycles. The van der Waals surface area contributed by atoms with E-state index in [0.29, 0.717) is 0 Å². The minimum atomic E-state index is 0.874. The van der Waals surface area contributed by atoms with Crippen LogP contribution in [0.4, 0.5) is 0 Å². The predicted molar refractivity (Wildman–Crippen MR) is 57.0 cm³/mol. The van der Waals surface area contributed by atoms with Crippen molar-refractivity contribution < 1.29 is 4.42 Å². The largest absolute Gasteiger partial charge is 0.460 e. The summed E-state index contributed by atoms with van der Waals surface area (Å²) < 4.78 is 8.68. The fraction of sp³-hybridized carbons (Fsp3) is 0. The van der Waals surface area contributed by atoms with E-state index >= 15 is 0 Å². The molecule has 3 aromatic heterocycles. The van der Waals surface area contributed by atoms with Crippen LogP contribution in [0.2, 0.25) is 0 Å². The standard InChI is InChI=1S/C10H8N2OS/c1-2-4-12-8(3-1)7-13-9-5-11-6-10(9)14-12/h1-7,11H. The number of aromatic nitrogens is 2. The van der Waals surface area contributed by atoms with Crippen LogP contribution < -0.4 is 0 Å². The minimum absolute atomic E-state index is 0.874. The zero-order chi connectivity index (χ0) is 9.38. The van der Waals surface area contributed by atoms with Crippen molar-refractivity contribution in [3.05, 3.63) is 43.1 Å². The van der Waals surface area contributed by atoms with E-state index in [0.717, 1.165) is 15.8 Å². The summed E-state index contributed by atoms with van der Waals surface area (Å²) in [5.74, 6) is 0. The van der Waals surface area contributed by atoms with Gasteiger partial charge in [-0.15, -0.1) is 0 Å². The van der Waals surface area contributed by atoms with Gasteiger partial charge in [-0.05, 0) is 23.7 Å². The fourth-order valence-corrected chi connectivity index (χ4v) is 2.21. The Balaban J connectivity index is 2.56. The first-order chi connectivity index (χ1) is 6.93. The average Bonchev–Trinajstić information content (AvgIpc) is 2.58. The minimum Gasteiger partial charge on any atom is -0.460 e. The lowest BCUT2D eigenvalue weighted by Gasteiger charge is -1.90. The van der Waals surface area contributed by atoms with E-state index in [2.05, 4.69) is 8.77 Å². The molecule has 0 amide bonds. The highest BCUT2D eigenvalue weighted by atomic mass is 32.1. The van der Waals surface area contributed by atoms with Gasteiger partial charge in [0.2, 0.25) is 0 Å². The Morgan fingerprint density at radius 1 is 1.29 bits per heavy atom. The molecule has 0 saturated heterocycles. The van der Waals surface area contributed by atoms with Crippen LogP contribution in [0, 0.1) is 0 Å². The second-order valence-corrected chi connectivity index (χ2v) is 3.98. The lowest BCUT2D eigenvalue weighted by molar-refractivity contribution is 0.611. The van der Waals surface area contributed by atoms with Gasteiger partial charge in [-0.2, -0.15) is 0 Å². The number of nitrogens with one attached hydrogen (secondary N) is 1. The summed E-state index contributed by atoms with van der Waals surface area (Å²) in [7, 11) is 0. The quantitative estimate of drug-likeness (QED) is 0.599. The Hall–Kier alpha value is -1.68. The Kier molecular flexibility index (Phi) is 1.61. The molecule has 0 aliphatic carbocycles. The maximum absolute atomic E-state index is 5.52. The molecular weight excluding hydrogens is 196 g/mol. The first-order valence-electron chi connectivity index (χ1n) is 4.29. The second-order valence-electron chi connectivity index (χ2n) is 2.96. The Morgan fingerprint density at radius 2 is 2.29 bits per heavy atom. The van der Waals surface area contributed by atoms with Gasteiger partial charge in [-0.25, -0.2) is 0 Å². The number of pyridine rings is 1. The highest BCUT2D eigenvalue weighted by Crippen LogP contribution is 2.17. The Bertz CT molecular complexity index is 612. The smallest absolute Gasteiger partial charge is 0.162 e. The third-order valence-corrected chi connectivity index (χ3v) is 3.07. The molecular formula is C10H8N2OS. The first kappa shape index (κ1) is 7.70. The van der Waals surface area contributed by atoms with Crippen molar-refractivity contribution in [2.75, 3.05) is 0 Å². The zero-order valence-electron chi connectivity index (χ0n) is 7.31. The summed E-state index contributed by atoms with van der Waals surface area (Å²) in [5, 5.41) is 0. The van der Waals surface area contributed by atoms with E-state index in [1.807, 2.05) is 36.8 Å². The number of H-pyrrole nitrogens is 1. The SMILES string of the molecule is c1ccn2sc3c[nH]cc3occ2c1. The van der Waals surface area contributed by atoms with Crippen molar-refractivity contribution in [3.63, 3.8) is 0 Å². The third-order valence-electron chi connectivity index (χ3n) is 2.03. The molecule has 0 saturated carbocycles. The first-order valence-corrected chi connectivity index (χ1v) is 5.06. The van der Waals surface area contributed by atoms with Crippen LogP contribution in [0.5, 0.6) is 0 Å². The van der Waals surface area contributed by atoms with E-state index in [9.17, 15) is 0 Å². The van der Waals surface area contributed by atoms with Gasteiger partial charge in [0.05, 0.1) is 5.52 Å². The summed E-state index contributed by atoms with van der Waals surface area (Å²) in [6.45, 7) is 0. The summed E-state index contributed by atoms with van der Waals surface area (Å²) in [4.78, 5) is 3.02. The molecule has 0 unspecified atom stereocenters. The van der Waals surface area contributed by atoms with Gasteiger partial charge in [0, 0.05) is 18.6 Å². The molecule has 1 N–H and O–H groups in total. The lowest BCUT2D eigenvalue weighted by Crippen LogP contribution is -1.76. The Labute approximate surface area is 84.1 Å². The van der Waals surface area contributed by atoms with Gasteiger partial charge in [0.25, 0.3) is 0 Å². The molecule has 4 heteroatoms. The van der Waals surface area contributed by atoms with Crippen LogP contribution in [0.3, 0.4) is 0 Å². The number of nitrogens with zero attached hydrogens (tertiary/aromatic N) is 1. The van der Waals surface area contributed by atoms with Crippen molar-refractivity contribution in [1.82, 2.24) is 8.77 Å². The van der Waals surface area contributed by atoms with Crippen molar-refractivity contribution >= 4 is 27.3 Å².